The van der Waals surface area contributed by atoms with Crippen LogP contribution in [0.25, 0.3) is 10.9 Å². The minimum absolute atomic E-state index is 0.163. The van der Waals surface area contributed by atoms with Crippen LogP contribution in [0.3, 0.4) is 0 Å². The van der Waals surface area contributed by atoms with Gasteiger partial charge < -0.3 is 0 Å². The summed E-state index contributed by atoms with van der Waals surface area (Å²) < 4.78 is 2.23. The Hall–Kier alpha value is -2.67. The molecule has 0 unspecified atom stereocenters. The van der Waals surface area contributed by atoms with Crippen LogP contribution in [-0.2, 0) is 6.54 Å². The van der Waals surface area contributed by atoms with Crippen molar-refractivity contribution in [3.05, 3.63) is 67.4 Å². The molecule has 3 rings (SSSR count). The molecular weight excluding hydrogens is 404 g/mol. The number of nitriles is 1. The van der Waals surface area contributed by atoms with Crippen molar-refractivity contribution in [2.45, 2.75) is 13.5 Å². The third-order valence-corrected chi connectivity index (χ3v) is 4.46. The van der Waals surface area contributed by atoms with E-state index in [0.29, 0.717) is 16.4 Å². The minimum atomic E-state index is -0.300. The quantitative estimate of drug-likeness (QED) is 0.573. The Labute approximate surface area is 157 Å². The molecule has 0 amide bonds. The van der Waals surface area contributed by atoms with E-state index >= 15 is 0 Å². The summed E-state index contributed by atoms with van der Waals surface area (Å²) in [5.41, 5.74) is 1.08. The van der Waals surface area contributed by atoms with Crippen LogP contribution in [0.15, 0.2) is 39.9 Å². The number of pyridine rings is 1. The van der Waals surface area contributed by atoms with Crippen molar-refractivity contribution in [1.29, 1.82) is 5.26 Å². The second-order valence-electron chi connectivity index (χ2n) is 5.17. The standard InChI is InChI=1S/C18H10BrClN4O/c1-11-23-16-10-22-9-13(8-21)17(16)18(25)24(11)6-2-3-12-4-5-14(20)7-15(12)19/h4-5,7,9-10H,6H2,1H3. The third-order valence-electron chi connectivity index (χ3n) is 3.57. The zero-order valence-corrected chi connectivity index (χ0v) is 15.4. The first-order valence-electron chi connectivity index (χ1n) is 7.20. The fraction of sp³-hybridized carbons (Fsp3) is 0.111. The highest BCUT2D eigenvalue weighted by molar-refractivity contribution is 9.10. The predicted molar refractivity (Wildman–Crippen MR) is 99.3 cm³/mol. The molecule has 0 aliphatic carbocycles. The van der Waals surface area contributed by atoms with Crippen LogP contribution in [0.2, 0.25) is 5.02 Å². The van der Waals surface area contributed by atoms with Gasteiger partial charge in [0.15, 0.2) is 0 Å². The number of benzene rings is 1. The summed E-state index contributed by atoms with van der Waals surface area (Å²) >= 11 is 9.31. The normalized spacial score (nSPS) is 10.2. The molecule has 0 aliphatic rings. The van der Waals surface area contributed by atoms with Gasteiger partial charge in [-0.25, -0.2) is 4.98 Å². The maximum atomic E-state index is 12.7. The van der Waals surface area contributed by atoms with Crippen molar-refractivity contribution in [3.8, 4) is 17.9 Å². The second-order valence-corrected chi connectivity index (χ2v) is 6.46. The molecule has 1 aromatic carbocycles. The van der Waals surface area contributed by atoms with Gasteiger partial charge in [0.05, 0.1) is 29.2 Å². The molecule has 0 saturated heterocycles. The first-order chi connectivity index (χ1) is 12.0. The van der Waals surface area contributed by atoms with Crippen LogP contribution >= 0.6 is 27.5 Å². The molecule has 3 aromatic rings. The molecule has 0 radical (unpaired) electrons. The number of fused-ring (bicyclic) bond motifs is 1. The minimum Gasteiger partial charge on any atom is -0.284 e. The maximum Gasteiger partial charge on any atom is 0.263 e. The summed E-state index contributed by atoms with van der Waals surface area (Å²) in [6, 6.07) is 7.28. The van der Waals surface area contributed by atoms with E-state index < -0.39 is 0 Å². The average Bonchev–Trinajstić information content (AvgIpc) is 2.58. The highest BCUT2D eigenvalue weighted by atomic mass is 79.9. The Morgan fingerprint density at radius 2 is 2.12 bits per heavy atom. The SMILES string of the molecule is Cc1nc2cncc(C#N)c2c(=O)n1CC#Cc1ccc(Cl)cc1Br. The monoisotopic (exact) mass is 412 g/mol. The number of aryl methyl sites for hydroxylation is 1. The number of hydrogen-bond donors (Lipinski definition) is 0. The molecule has 0 spiro atoms. The molecule has 0 saturated carbocycles. The number of rotatable bonds is 1. The fourth-order valence-corrected chi connectivity index (χ4v) is 3.13. The third kappa shape index (κ3) is 3.41. The molecule has 0 fully saturated rings. The lowest BCUT2D eigenvalue weighted by Crippen LogP contribution is -2.24. The van der Waals surface area contributed by atoms with Crippen LogP contribution < -0.4 is 5.56 Å². The van der Waals surface area contributed by atoms with Gasteiger partial charge in [-0.3, -0.25) is 14.3 Å². The lowest BCUT2D eigenvalue weighted by molar-refractivity contribution is 0.741. The van der Waals surface area contributed by atoms with E-state index in [1.165, 1.54) is 17.0 Å². The van der Waals surface area contributed by atoms with E-state index in [4.69, 9.17) is 11.6 Å². The van der Waals surface area contributed by atoms with Gasteiger partial charge in [-0.15, -0.1) is 0 Å². The molecule has 122 valence electrons. The number of nitrogens with zero attached hydrogens (tertiary/aromatic N) is 4. The van der Waals surface area contributed by atoms with Gasteiger partial charge in [0.2, 0.25) is 0 Å². The smallest absolute Gasteiger partial charge is 0.263 e. The molecule has 5 nitrogen and oxygen atoms in total. The highest BCUT2D eigenvalue weighted by Crippen LogP contribution is 2.20. The van der Waals surface area contributed by atoms with Crippen molar-refractivity contribution in [3.63, 3.8) is 0 Å². The van der Waals surface area contributed by atoms with Crippen LogP contribution in [0.1, 0.15) is 17.0 Å². The molecule has 7 heteroatoms. The molecule has 2 aromatic heterocycles. The van der Waals surface area contributed by atoms with Crippen LogP contribution in [-0.4, -0.2) is 14.5 Å². The van der Waals surface area contributed by atoms with Crippen LogP contribution in [0.5, 0.6) is 0 Å². The van der Waals surface area contributed by atoms with Crippen molar-refractivity contribution in [2.75, 3.05) is 0 Å². The molecule has 0 N–H and O–H groups in total. The van der Waals surface area contributed by atoms with E-state index in [1.54, 1.807) is 25.1 Å². The van der Waals surface area contributed by atoms with E-state index in [0.717, 1.165) is 10.0 Å². The Morgan fingerprint density at radius 1 is 1.32 bits per heavy atom. The Balaban J connectivity index is 2.05. The summed E-state index contributed by atoms with van der Waals surface area (Å²) in [7, 11) is 0. The molecular formula is C18H10BrClN4O. The van der Waals surface area contributed by atoms with E-state index in [-0.39, 0.29) is 23.1 Å². The topological polar surface area (TPSA) is 71.6 Å². The van der Waals surface area contributed by atoms with Gasteiger partial charge in [0.1, 0.15) is 11.9 Å². The Morgan fingerprint density at radius 3 is 2.84 bits per heavy atom. The van der Waals surface area contributed by atoms with Crippen molar-refractivity contribution in [1.82, 2.24) is 14.5 Å². The summed E-state index contributed by atoms with van der Waals surface area (Å²) in [5, 5.41) is 10.1. The zero-order chi connectivity index (χ0) is 18.0. The van der Waals surface area contributed by atoms with Gasteiger partial charge in [-0.1, -0.05) is 23.4 Å². The summed E-state index contributed by atoms with van der Waals surface area (Å²) in [6.07, 6.45) is 2.84. The summed E-state index contributed by atoms with van der Waals surface area (Å²) in [5.74, 6) is 6.48. The second kappa shape index (κ2) is 7.06. The Bertz CT molecular complexity index is 1150. The van der Waals surface area contributed by atoms with Gasteiger partial charge in [-0.05, 0) is 41.1 Å². The molecule has 25 heavy (non-hydrogen) atoms. The molecule has 0 aliphatic heterocycles. The molecule has 2 heterocycles. The molecule has 0 bridgehead atoms. The first-order valence-corrected chi connectivity index (χ1v) is 8.37. The van der Waals surface area contributed by atoms with E-state index in [1.807, 2.05) is 6.07 Å². The largest absolute Gasteiger partial charge is 0.284 e. The number of halogens is 2. The van der Waals surface area contributed by atoms with E-state index in [9.17, 15) is 10.1 Å². The van der Waals surface area contributed by atoms with Crippen LogP contribution in [0, 0.1) is 30.1 Å². The highest BCUT2D eigenvalue weighted by Gasteiger charge is 2.11. The molecule has 0 atom stereocenters. The zero-order valence-electron chi connectivity index (χ0n) is 13.0. The van der Waals surface area contributed by atoms with Gasteiger partial charge in [-0.2, -0.15) is 5.26 Å². The first kappa shape index (κ1) is 17.2. The Kier molecular flexibility index (Phi) is 4.85. The maximum absolute atomic E-state index is 12.7. The van der Waals surface area contributed by atoms with E-state index in [2.05, 4.69) is 37.7 Å². The summed E-state index contributed by atoms with van der Waals surface area (Å²) in [4.78, 5) is 21.0. The number of aromatic nitrogens is 3. The van der Waals surface area contributed by atoms with Crippen molar-refractivity contribution >= 4 is 38.4 Å². The van der Waals surface area contributed by atoms with Crippen LogP contribution in [0.4, 0.5) is 0 Å². The average molecular weight is 414 g/mol. The predicted octanol–water partition coefficient (Wildman–Crippen LogP) is 3.44. The fourth-order valence-electron chi connectivity index (χ4n) is 2.35. The lowest BCUT2D eigenvalue weighted by Gasteiger charge is -2.07. The van der Waals surface area contributed by atoms with Gasteiger partial charge in [0.25, 0.3) is 5.56 Å². The van der Waals surface area contributed by atoms with Crippen molar-refractivity contribution in [2.24, 2.45) is 0 Å². The summed E-state index contributed by atoms with van der Waals surface area (Å²) in [6.45, 7) is 1.88. The van der Waals surface area contributed by atoms with Gasteiger partial charge in [0, 0.05) is 21.3 Å². The van der Waals surface area contributed by atoms with Gasteiger partial charge >= 0.3 is 0 Å². The number of hydrogen-bond acceptors (Lipinski definition) is 4. The lowest BCUT2D eigenvalue weighted by atomic mass is 10.2. The van der Waals surface area contributed by atoms with Crippen molar-refractivity contribution < 1.29 is 0 Å².